The molecular weight excluding hydrogens is 283 g/mol. The van der Waals surface area contributed by atoms with Crippen LogP contribution in [0.15, 0.2) is 42.5 Å². The van der Waals surface area contributed by atoms with E-state index in [-0.39, 0.29) is 5.82 Å². The summed E-state index contributed by atoms with van der Waals surface area (Å²) in [5.74, 6) is 0.554. The van der Waals surface area contributed by atoms with E-state index in [2.05, 4.69) is 0 Å². The third-order valence-electron chi connectivity index (χ3n) is 2.94. The Balaban J connectivity index is 2.19. The van der Waals surface area contributed by atoms with Gasteiger partial charge in [-0.3, -0.25) is 0 Å². The first-order valence-electron chi connectivity index (χ1n) is 5.71. The molecule has 0 bridgehead atoms. The summed E-state index contributed by atoms with van der Waals surface area (Å²) in [4.78, 5) is 0.949. The van der Waals surface area contributed by atoms with Gasteiger partial charge in [-0.05, 0) is 35.9 Å². The van der Waals surface area contributed by atoms with Crippen molar-refractivity contribution in [2.75, 3.05) is 7.11 Å². The largest absolute Gasteiger partial charge is 0.497 e. The second kappa shape index (κ2) is 4.83. The lowest BCUT2D eigenvalue weighted by Crippen LogP contribution is -1.79. The molecule has 1 aromatic heterocycles. The summed E-state index contributed by atoms with van der Waals surface area (Å²) in [6, 6.07) is 12.1. The number of hydrogen-bond acceptors (Lipinski definition) is 2. The molecule has 0 spiro atoms. The van der Waals surface area contributed by atoms with Crippen molar-refractivity contribution >= 4 is 33.0 Å². The fourth-order valence-corrected chi connectivity index (χ4v) is 3.53. The number of thiophene rings is 1. The Bertz CT molecular complexity index is 734. The van der Waals surface area contributed by atoms with Gasteiger partial charge in [0, 0.05) is 10.1 Å². The maximum atomic E-state index is 13.0. The van der Waals surface area contributed by atoms with E-state index in [1.54, 1.807) is 30.6 Å². The molecular formula is C15H10ClFOS. The normalized spacial score (nSPS) is 10.9. The van der Waals surface area contributed by atoms with Crippen molar-refractivity contribution < 1.29 is 9.13 Å². The highest BCUT2D eigenvalue weighted by Crippen LogP contribution is 2.43. The van der Waals surface area contributed by atoms with E-state index in [1.165, 1.54) is 12.1 Å². The summed E-state index contributed by atoms with van der Waals surface area (Å²) in [6.45, 7) is 0. The Labute approximate surface area is 119 Å². The van der Waals surface area contributed by atoms with Crippen LogP contribution in [0, 0.1) is 5.82 Å². The van der Waals surface area contributed by atoms with Crippen LogP contribution in [0.5, 0.6) is 5.75 Å². The molecule has 2 aromatic carbocycles. The molecule has 96 valence electrons. The van der Waals surface area contributed by atoms with Crippen molar-refractivity contribution in [2.24, 2.45) is 0 Å². The second-order valence-corrected chi connectivity index (χ2v) is 5.54. The number of hydrogen-bond donors (Lipinski definition) is 0. The van der Waals surface area contributed by atoms with E-state index in [1.807, 2.05) is 18.2 Å². The van der Waals surface area contributed by atoms with Crippen molar-refractivity contribution in [3.8, 4) is 16.2 Å². The molecule has 0 saturated heterocycles. The first-order valence-corrected chi connectivity index (χ1v) is 6.90. The summed E-state index contributed by atoms with van der Waals surface area (Å²) in [6.07, 6.45) is 0. The van der Waals surface area contributed by atoms with Crippen LogP contribution in [-0.4, -0.2) is 7.11 Å². The van der Waals surface area contributed by atoms with E-state index in [4.69, 9.17) is 16.3 Å². The zero-order valence-corrected chi connectivity index (χ0v) is 11.7. The van der Waals surface area contributed by atoms with E-state index in [0.29, 0.717) is 5.02 Å². The lowest BCUT2D eigenvalue weighted by atomic mass is 10.1. The van der Waals surface area contributed by atoms with Gasteiger partial charge in [-0.2, -0.15) is 0 Å². The van der Waals surface area contributed by atoms with Gasteiger partial charge in [0.1, 0.15) is 11.6 Å². The van der Waals surface area contributed by atoms with Crippen molar-refractivity contribution in [3.63, 3.8) is 0 Å². The van der Waals surface area contributed by atoms with E-state index in [9.17, 15) is 4.39 Å². The van der Waals surface area contributed by atoms with Gasteiger partial charge in [-0.15, -0.1) is 11.3 Å². The molecule has 0 N–H and O–H groups in total. The Morgan fingerprint density at radius 1 is 1.11 bits per heavy atom. The van der Waals surface area contributed by atoms with Crippen molar-refractivity contribution in [3.05, 3.63) is 53.3 Å². The lowest BCUT2D eigenvalue weighted by molar-refractivity contribution is 0.415. The number of benzene rings is 2. The summed E-state index contributed by atoms with van der Waals surface area (Å²) in [5.41, 5.74) is 0.923. The molecule has 0 aliphatic carbocycles. The van der Waals surface area contributed by atoms with Gasteiger partial charge >= 0.3 is 0 Å². The maximum absolute atomic E-state index is 13.0. The minimum absolute atomic E-state index is 0.248. The molecule has 0 aliphatic heterocycles. The number of methoxy groups -OCH3 is 1. The molecule has 0 aliphatic rings. The quantitative estimate of drug-likeness (QED) is 0.617. The van der Waals surface area contributed by atoms with Crippen LogP contribution < -0.4 is 4.74 Å². The summed E-state index contributed by atoms with van der Waals surface area (Å²) in [5, 5.41) is 1.70. The van der Waals surface area contributed by atoms with E-state index >= 15 is 0 Å². The number of halogens is 2. The van der Waals surface area contributed by atoms with Crippen molar-refractivity contribution in [1.29, 1.82) is 0 Å². The Morgan fingerprint density at radius 2 is 1.84 bits per heavy atom. The molecule has 0 radical (unpaired) electrons. The molecule has 3 aromatic rings. The summed E-state index contributed by atoms with van der Waals surface area (Å²) in [7, 11) is 1.64. The molecule has 4 heteroatoms. The van der Waals surface area contributed by atoms with Gasteiger partial charge in [-0.1, -0.05) is 23.7 Å². The van der Waals surface area contributed by atoms with Crippen LogP contribution in [0.4, 0.5) is 4.39 Å². The second-order valence-electron chi connectivity index (χ2n) is 4.11. The van der Waals surface area contributed by atoms with Gasteiger partial charge in [-0.25, -0.2) is 4.39 Å². The highest BCUT2D eigenvalue weighted by Gasteiger charge is 2.12. The van der Waals surface area contributed by atoms with Gasteiger partial charge < -0.3 is 4.74 Å². The van der Waals surface area contributed by atoms with Crippen LogP contribution >= 0.6 is 22.9 Å². The molecule has 0 fully saturated rings. The van der Waals surface area contributed by atoms with Crippen LogP contribution in [-0.2, 0) is 0 Å². The van der Waals surface area contributed by atoms with Crippen LogP contribution in [0.2, 0.25) is 5.02 Å². The average Bonchev–Trinajstić information content (AvgIpc) is 2.76. The zero-order chi connectivity index (χ0) is 13.4. The van der Waals surface area contributed by atoms with E-state index < -0.39 is 0 Å². The molecule has 0 saturated carbocycles. The average molecular weight is 293 g/mol. The molecule has 0 atom stereocenters. The monoisotopic (exact) mass is 292 g/mol. The standard InChI is InChI=1S/C15H10ClFOS/c1-18-11-6-7-12-13(8-11)19-15(14(12)16)9-2-4-10(17)5-3-9/h2-8H,1H3. The summed E-state index contributed by atoms with van der Waals surface area (Å²) < 4.78 is 19.2. The minimum Gasteiger partial charge on any atom is -0.497 e. The Hall–Kier alpha value is -1.58. The topological polar surface area (TPSA) is 9.23 Å². The minimum atomic E-state index is -0.248. The predicted octanol–water partition coefficient (Wildman–Crippen LogP) is 5.37. The molecule has 0 amide bonds. The highest BCUT2D eigenvalue weighted by molar-refractivity contribution is 7.23. The molecule has 1 nitrogen and oxygen atoms in total. The third kappa shape index (κ3) is 2.20. The van der Waals surface area contributed by atoms with Gasteiger partial charge in [0.15, 0.2) is 0 Å². The molecule has 19 heavy (non-hydrogen) atoms. The zero-order valence-electron chi connectivity index (χ0n) is 10.1. The third-order valence-corrected chi connectivity index (χ3v) is 4.65. The summed E-state index contributed by atoms with van der Waals surface area (Å²) >= 11 is 7.98. The SMILES string of the molecule is COc1ccc2c(Cl)c(-c3ccc(F)cc3)sc2c1. The first-order chi connectivity index (χ1) is 9.19. The van der Waals surface area contributed by atoms with Crippen molar-refractivity contribution in [1.82, 2.24) is 0 Å². The molecule has 0 unspecified atom stereocenters. The molecule has 3 rings (SSSR count). The van der Waals surface area contributed by atoms with Gasteiger partial charge in [0.25, 0.3) is 0 Å². The highest BCUT2D eigenvalue weighted by atomic mass is 35.5. The Morgan fingerprint density at radius 3 is 2.53 bits per heavy atom. The molecule has 1 heterocycles. The van der Waals surface area contributed by atoms with Crippen molar-refractivity contribution in [2.45, 2.75) is 0 Å². The van der Waals surface area contributed by atoms with E-state index in [0.717, 1.165) is 26.3 Å². The fourth-order valence-electron chi connectivity index (χ4n) is 1.96. The van der Waals surface area contributed by atoms with Gasteiger partial charge in [0.05, 0.1) is 17.0 Å². The van der Waals surface area contributed by atoms with Crippen LogP contribution in [0.1, 0.15) is 0 Å². The van der Waals surface area contributed by atoms with Gasteiger partial charge in [0.2, 0.25) is 0 Å². The number of rotatable bonds is 2. The smallest absolute Gasteiger partial charge is 0.123 e. The fraction of sp³-hybridized carbons (Fsp3) is 0.0667. The lowest BCUT2D eigenvalue weighted by Gasteiger charge is -1.98. The number of ether oxygens (including phenoxy) is 1. The van der Waals surface area contributed by atoms with Crippen LogP contribution in [0.25, 0.3) is 20.5 Å². The Kier molecular flexibility index (Phi) is 3.17. The first kappa shape index (κ1) is 12.5. The maximum Gasteiger partial charge on any atom is 0.123 e. The predicted molar refractivity (Wildman–Crippen MR) is 78.8 cm³/mol. The van der Waals surface area contributed by atoms with Crippen LogP contribution in [0.3, 0.4) is 0 Å². The number of fused-ring (bicyclic) bond motifs is 1.